The van der Waals surface area contributed by atoms with E-state index in [2.05, 4.69) is 37.3 Å². The first-order valence-electron chi connectivity index (χ1n) is 3.72. The van der Waals surface area contributed by atoms with Crippen LogP contribution in [0, 0.1) is 0 Å². The van der Waals surface area contributed by atoms with Crippen molar-refractivity contribution in [2.75, 3.05) is 0 Å². The van der Waals surface area contributed by atoms with Crippen LogP contribution < -0.4 is 0 Å². The van der Waals surface area contributed by atoms with Crippen molar-refractivity contribution in [3.63, 3.8) is 0 Å². The molecule has 0 bridgehead atoms. The summed E-state index contributed by atoms with van der Waals surface area (Å²) in [6.45, 7) is 2.25. The molecule has 0 aliphatic heterocycles. The average molecular weight is 185 g/mol. The van der Waals surface area contributed by atoms with Gasteiger partial charge in [-0.05, 0) is 0 Å². The van der Waals surface area contributed by atoms with Gasteiger partial charge in [0, 0.05) is 0 Å². The molecule has 0 radical (unpaired) electrons. The van der Waals surface area contributed by atoms with E-state index in [1.165, 1.54) is 30.3 Å². The normalized spacial score (nSPS) is 13.1. The Labute approximate surface area is 72.3 Å². The molecule has 0 saturated carbocycles. The molecule has 1 aromatic carbocycles. The van der Waals surface area contributed by atoms with E-state index in [0.29, 0.717) is 0 Å². The third-order valence-electron chi connectivity index (χ3n) is 1.76. The van der Waals surface area contributed by atoms with E-state index < -0.39 is 0 Å². The van der Waals surface area contributed by atoms with Gasteiger partial charge in [0.1, 0.15) is 0 Å². The van der Waals surface area contributed by atoms with Crippen LogP contribution >= 0.6 is 0 Å². The summed E-state index contributed by atoms with van der Waals surface area (Å²) in [6.07, 6.45) is 1.28. The van der Waals surface area contributed by atoms with Crippen LogP contribution in [0.1, 0.15) is 23.4 Å². The Morgan fingerprint density at radius 3 is 2.40 bits per heavy atom. The summed E-state index contributed by atoms with van der Waals surface area (Å²) >= 11 is 1.38. The van der Waals surface area contributed by atoms with Gasteiger partial charge in [-0.15, -0.1) is 0 Å². The predicted octanol–water partition coefficient (Wildman–Crippen LogP) is 2.68. The zero-order valence-corrected chi connectivity index (χ0v) is 9.35. The summed E-state index contributed by atoms with van der Waals surface area (Å²) in [5, 5.41) is 0. The summed E-state index contributed by atoms with van der Waals surface area (Å²) in [6, 6.07) is 10.8. The van der Waals surface area contributed by atoms with Gasteiger partial charge in [0.2, 0.25) is 0 Å². The van der Waals surface area contributed by atoms with Crippen LogP contribution in [-0.2, 0) is 18.3 Å². The molecule has 1 rings (SSSR count). The molecule has 1 aromatic rings. The van der Waals surface area contributed by atoms with Gasteiger partial charge in [-0.2, -0.15) is 0 Å². The number of rotatable bonds is 2. The third kappa shape index (κ3) is 1.92. The molecule has 0 spiro atoms. The third-order valence-corrected chi connectivity index (χ3v) is 3.96. The SMILES string of the molecule is CC[CH]([Zn])c1ccccc1. The van der Waals surface area contributed by atoms with Crippen molar-refractivity contribution in [1.82, 2.24) is 0 Å². The van der Waals surface area contributed by atoms with Crippen molar-refractivity contribution in [2.24, 2.45) is 0 Å². The molecule has 0 fully saturated rings. The molecule has 0 amide bonds. The van der Waals surface area contributed by atoms with Gasteiger partial charge < -0.3 is 0 Å². The first-order chi connectivity index (χ1) is 4.84. The van der Waals surface area contributed by atoms with E-state index in [-0.39, 0.29) is 0 Å². The maximum atomic E-state index is 2.25. The summed E-state index contributed by atoms with van der Waals surface area (Å²) < 4.78 is 0.834. The fraction of sp³-hybridized carbons (Fsp3) is 0.333. The van der Waals surface area contributed by atoms with E-state index in [9.17, 15) is 0 Å². The predicted molar refractivity (Wildman–Crippen MR) is 39.5 cm³/mol. The van der Waals surface area contributed by atoms with Gasteiger partial charge in [-0.25, -0.2) is 0 Å². The number of hydrogen-bond acceptors (Lipinski definition) is 0. The van der Waals surface area contributed by atoms with Gasteiger partial charge in [-0.3, -0.25) is 0 Å². The zero-order valence-electron chi connectivity index (χ0n) is 6.38. The van der Waals surface area contributed by atoms with Gasteiger partial charge in [0.15, 0.2) is 0 Å². The summed E-state index contributed by atoms with van der Waals surface area (Å²) in [5.41, 5.74) is 1.50. The monoisotopic (exact) mass is 183 g/mol. The van der Waals surface area contributed by atoms with Crippen molar-refractivity contribution in [1.29, 1.82) is 0 Å². The minimum absolute atomic E-state index is 0.834. The molecule has 10 heavy (non-hydrogen) atoms. The van der Waals surface area contributed by atoms with Gasteiger partial charge in [0.05, 0.1) is 0 Å². The topological polar surface area (TPSA) is 0 Å². The quantitative estimate of drug-likeness (QED) is 0.620. The molecular formula is C9H11Zn. The van der Waals surface area contributed by atoms with E-state index in [0.717, 1.165) is 4.51 Å². The molecule has 49 valence electrons. The van der Waals surface area contributed by atoms with Crippen LogP contribution in [-0.4, -0.2) is 0 Å². The Bertz CT molecular complexity index is 181. The summed E-state index contributed by atoms with van der Waals surface area (Å²) in [4.78, 5) is 0. The Hall–Kier alpha value is -0.157. The zero-order chi connectivity index (χ0) is 7.40. The maximum absolute atomic E-state index is 2.25. The van der Waals surface area contributed by atoms with Gasteiger partial charge in [-0.1, -0.05) is 0 Å². The van der Waals surface area contributed by atoms with Crippen molar-refractivity contribution < 1.29 is 18.3 Å². The number of hydrogen-bond donors (Lipinski definition) is 0. The first-order valence-corrected chi connectivity index (χ1v) is 5.44. The Balaban J connectivity index is 2.75. The molecule has 1 heteroatoms. The molecular weight excluding hydrogens is 173 g/mol. The van der Waals surface area contributed by atoms with Crippen LogP contribution in [0.5, 0.6) is 0 Å². The van der Waals surface area contributed by atoms with Crippen LogP contribution in [0.3, 0.4) is 0 Å². The van der Waals surface area contributed by atoms with E-state index >= 15 is 0 Å². The van der Waals surface area contributed by atoms with Gasteiger partial charge in [0.25, 0.3) is 0 Å². The molecule has 0 heterocycles. The van der Waals surface area contributed by atoms with Crippen LogP contribution in [0.4, 0.5) is 0 Å². The molecule has 0 saturated heterocycles. The minimum atomic E-state index is 0.834. The van der Waals surface area contributed by atoms with Crippen LogP contribution in [0.2, 0.25) is 0 Å². The summed E-state index contributed by atoms with van der Waals surface area (Å²) in [7, 11) is 0. The fourth-order valence-electron chi connectivity index (χ4n) is 0.961. The second-order valence-corrected chi connectivity index (χ2v) is 4.58. The number of benzene rings is 1. The van der Waals surface area contributed by atoms with Crippen molar-refractivity contribution in [3.05, 3.63) is 35.9 Å². The van der Waals surface area contributed by atoms with E-state index in [1.807, 2.05) is 0 Å². The van der Waals surface area contributed by atoms with Crippen molar-refractivity contribution >= 4 is 0 Å². The molecule has 0 nitrogen and oxygen atoms in total. The molecule has 0 N–H and O–H groups in total. The molecule has 1 unspecified atom stereocenters. The van der Waals surface area contributed by atoms with Crippen molar-refractivity contribution in [3.8, 4) is 0 Å². The van der Waals surface area contributed by atoms with E-state index in [1.54, 1.807) is 0 Å². The Morgan fingerprint density at radius 2 is 1.90 bits per heavy atom. The van der Waals surface area contributed by atoms with Crippen LogP contribution in [0.15, 0.2) is 30.3 Å². The average Bonchev–Trinajstić information content (AvgIpc) is 2.05. The molecule has 0 aliphatic rings. The van der Waals surface area contributed by atoms with Crippen LogP contribution in [0.25, 0.3) is 0 Å². The standard InChI is InChI=1S/C9H11.Zn/c1-2-6-9-7-4-3-5-8-9;/h3-8H,2H2,1H3;. The second-order valence-electron chi connectivity index (χ2n) is 2.52. The molecule has 0 aliphatic carbocycles. The first kappa shape index (κ1) is 7.94. The molecule has 0 aromatic heterocycles. The molecule has 1 atom stereocenters. The summed E-state index contributed by atoms with van der Waals surface area (Å²) in [5.74, 6) is 0. The Morgan fingerprint density at radius 1 is 1.30 bits per heavy atom. The van der Waals surface area contributed by atoms with Gasteiger partial charge >= 0.3 is 72.1 Å². The van der Waals surface area contributed by atoms with E-state index in [4.69, 9.17) is 0 Å². The second kappa shape index (κ2) is 3.88. The fourth-order valence-corrected chi connectivity index (χ4v) is 1.53. The Kier molecular flexibility index (Phi) is 3.08. The van der Waals surface area contributed by atoms with Crippen molar-refractivity contribution in [2.45, 2.75) is 17.9 Å².